The van der Waals surface area contributed by atoms with Crippen molar-refractivity contribution >= 4 is 39.7 Å². The Hall–Kier alpha value is -2.94. The Morgan fingerprint density at radius 1 is 1.19 bits per heavy atom. The van der Waals surface area contributed by atoms with E-state index in [4.69, 9.17) is 16.1 Å². The standard InChI is InChI=1S/C27H30ClN3O4S/c1-18-10-11-19(2)21(15-18)12-13-25-26(20(3)30-35-25)36(33,34)31-14-6-8-23(17-31)27(32)29-16-22-7-4-5-9-24(22)28/h4-5,7,9-13,15,23H,6,8,14,16-17H2,1-3H3,(H,29,32)/b13-12+/t23-/m1/s1. The molecule has 36 heavy (non-hydrogen) atoms. The maximum Gasteiger partial charge on any atom is 0.248 e. The van der Waals surface area contributed by atoms with Crippen LogP contribution in [0.25, 0.3) is 12.2 Å². The molecule has 1 aromatic heterocycles. The van der Waals surface area contributed by atoms with E-state index in [1.807, 2.05) is 56.3 Å². The van der Waals surface area contributed by atoms with E-state index in [2.05, 4.69) is 10.5 Å². The van der Waals surface area contributed by atoms with Crippen molar-refractivity contribution < 1.29 is 17.7 Å². The minimum absolute atomic E-state index is 0.0428. The zero-order chi connectivity index (χ0) is 25.9. The SMILES string of the molecule is Cc1ccc(C)c(/C=C/c2onc(C)c2S(=O)(=O)N2CCC[C@@H](C(=O)NCc3ccccc3Cl)C2)c1. The second-order valence-corrected chi connectivity index (χ2v) is 11.4. The molecule has 1 amide bonds. The molecule has 9 heteroatoms. The number of amides is 1. The molecule has 0 saturated carbocycles. The summed E-state index contributed by atoms with van der Waals surface area (Å²) >= 11 is 6.19. The van der Waals surface area contributed by atoms with Crippen molar-refractivity contribution in [2.24, 2.45) is 5.92 Å². The maximum absolute atomic E-state index is 13.7. The summed E-state index contributed by atoms with van der Waals surface area (Å²) in [5.74, 6) is -0.462. The third-order valence-electron chi connectivity index (χ3n) is 6.45. The summed E-state index contributed by atoms with van der Waals surface area (Å²) in [5, 5.41) is 7.41. The van der Waals surface area contributed by atoms with E-state index in [1.54, 1.807) is 19.1 Å². The predicted molar refractivity (Wildman–Crippen MR) is 141 cm³/mol. The molecule has 1 saturated heterocycles. The fraction of sp³-hybridized carbons (Fsp3) is 0.333. The van der Waals surface area contributed by atoms with Gasteiger partial charge < -0.3 is 9.84 Å². The van der Waals surface area contributed by atoms with Gasteiger partial charge in [-0.3, -0.25) is 4.79 Å². The molecular formula is C27H30ClN3O4S. The number of nitrogens with one attached hydrogen (secondary N) is 1. The van der Waals surface area contributed by atoms with Gasteiger partial charge in [0.25, 0.3) is 0 Å². The number of aryl methyl sites for hydroxylation is 3. The zero-order valence-corrected chi connectivity index (χ0v) is 22.2. The number of carbonyl (C=O) groups excluding carboxylic acids is 1. The highest BCUT2D eigenvalue weighted by Gasteiger charge is 2.36. The number of benzene rings is 2. The highest BCUT2D eigenvalue weighted by molar-refractivity contribution is 7.89. The highest BCUT2D eigenvalue weighted by Crippen LogP contribution is 2.29. The molecule has 3 aromatic rings. The number of rotatable bonds is 7. The molecule has 1 fully saturated rings. The van der Waals surface area contributed by atoms with Gasteiger partial charge in [-0.05, 0) is 62.4 Å². The summed E-state index contributed by atoms with van der Waals surface area (Å²) in [5.41, 5.74) is 4.25. The van der Waals surface area contributed by atoms with Crippen molar-refractivity contribution in [2.75, 3.05) is 13.1 Å². The smallest absolute Gasteiger partial charge is 0.248 e. The van der Waals surface area contributed by atoms with Crippen molar-refractivity contribution in [3.63, 3.8) is 0 Å². The van der Waals surface area contributed by atoms with Gasteiger partial charge in [-0.15, -0.1) is 0 Å². The number of halogens is 1. The van der Waals surface area contributed by atoms with Crippen LogP contribution in [0, 0.1) is 26.7 Å². The molecule has 190 valence electrons. The van der Waals surface area contributed by atoms with Crippen molar-refractivity contribution in [1.29, 1.82) is 0 Å². The molecule has 2 heterocycles. The van der Waals surface area contributed by atoms with Gasteiger partial charge in [0.1, 0.15) is 5.69 Å². The van der Waals surface area contributed by atoms with Gasteiger partial charge in [-0.1, -0.05) is 64.8 Å². The van der Waals surface area contributed by atoms with Crippen LogP contribution in [0.4, 0.5) is 0 Å². The number of hydrogen-bond acceptors (Lipinski definition) is 5. The van der Waals surface area contributed by atoms with Gasteiger partial charge in [0.15, 0.2) is 10.7 Å². The van der Waals surface area contributed by atoms with Crippen LogP contribution >= 0.6 is 11.6 Å². The Morgan fingerprint density at radius 2 is 1.97 bits per heavy atom. The lowest BCUT2D eigenvalue weighted by Crippen LogP contribution is -2.45. The Labute approximate surface area is 217 Å². The number of carbonyl (C=O) groups is 1. The zero-order valence-electron chi connectivity index (χ0n) is 20.6. The predicted octanol–water partition coefficient (Wildman–Crippen LogP) is 5.14. The summed E-state index contributed by atoms with van der Waals surface area (Å²) in [4.78, 5) is 12.9. The molecule has 0 aliphatic carbocycles. The van der Waals surface area contributed by atoms with Crippen LogP contribution in [-0.2, 0) is 21.4 Å². The Bertz CT molecular complexity index is 1400. The summed E-state index contributed by atoms with van der Waals surface area (Å²) in [6.45, 7) is 6.34. The largest absolute Gasteiger partial charge is 0.355 e. The minimum Gasteiger partial charge on any atom is -0.355 e. The van der Waals surface area contributed by atoms with Crippen LogP contribution < -0.4 is 5.32 Å². The molecule has 0 radical (unpaired) electrons. The number of aromatic nitrogens is 1. The number of sulfonamides is 1. The second kappa shape index (κ2) is 11.0. The minimum atomic E-state index is -3.92. The van der Waals surface area contributed by atoms with Crippen molar-refractivity contribution in [1.82, 2.24) is 14.8 Å². The molecule has 0 unspecified atom stereocenters. The van der Waals surface area contributed by atoms with Gasteiger partial charge in [0.2, 0.25) is 15.9 Å². The van der Waals surface area contributed by atoms with Gasteiger partial charge in [0, 0.05) is 24.7 Å². The van der Waals surface area contributed by atoms with Gasteiger partial charge in [-0.25, -0.2) is 8.42 Å². The molecule has 1 aliphatic heterocycles. The van der Waals surface area contributed by atoms with Crippen LogP contribution in [0.15, 0.2) is 51.9 Å². The quantitative estimate of drug-likeness (QED) is 0.459. The fourth-order valence-corrected chi connectivity index (χ4v) is 6.35. The summed E-state index contributed by atoms with van der Waals surface area (Å²) in [6.07, 6.45) is 4.68. The van der Waals surface area contributed by atoms with E-state index in [-0.39, 0.29) is 23.1 Å². The number of nitrogens with zero attached hydrogens (tertiary/aromatic N) is 2. The lowest BCUT2D eigenvalue weighted by Gasteiger charge is -2.31. The lowest BCUT2D eigenvalue weighted by molar-refractivity contribution is -0.126. The van der Waals surface area contributed by atoms with Crippen molar-refractivity contribution in [3.8, 4) is 0 Å². The first-order chi connectivity index (χ1) is 17.2. The number of piperidine rings is 1. The lowest BCUT2D eigenvalue weighted by atomic mass is 9.99. The summed E-state index contributed by atoms with van der Waals surface area (Å²) in [7, 11) is -3.92. The normalized spacial score (nSPS) is 16.9. The molecule has 0 bridgehead atoms. The molecule has 0 spiro atoms. The Kier molecular flexibility index (Phi) is 7.97. The van der Waals surface area contributed by atoms with Crippen LogP contribution in [-0.4, -0.2) is 36.9 Å². The first-order valence-electron chi connectivity index (χ1n) is 11.9. The molecule has 1 aliphatic rings. The molecular weight excluding hydrogens is 498 g/mol. The van der Waals surface area contributed by atoms with Crippen LogP contribution in [0.2, 0.25) is 5.02 Å². The third-order valence-corrected chi connectivity index (χ3v) is 8.84. The van der Waals surface area contributed by atoms with E-state index in [0.29, 0.717) is 36.6 Å². The van der Waals surface area contributed by atoms with Crippen molar-refractivity contribution in [3.05, 3.63) is 81.2 Å². The van der Waals surface area contributed by atoms with Crippen LogP contribution in [0.5, 0.6) is 0 Å². The summed E-state index contributed by atoms with van der Waals surface area (Å²) < 4.78 is 34.1. The molecule has 1 atom stereocenters. The monoisotopic (exact) mass is 527 g/mol. The van der Waals surface area contributed by atoms with E-state index in [0.717, 1.165) is 22.3 Å². The second-order valence-electron chi connectivity index (χ2n) is 9.17. The van der Waals surface area contributed by atoms with E-state index < -0.39 is 15.9 Å². The van der Waals surface area contributed by atoms with Crippen molar-refractivity contribution in [2.45, 2.75) is 45.1 Å². The van der Waals surface area contributed by atoms with E-state index >= 15 is 0 Å². The average Bonchev–Trinajstić information content (AvgIpc) is 3.25. The van der Waals surface area contributed by atoms with Crippen LogP contribution in [0.1, 0.15) is 46.5 Å². The molecule has 4 rings (SSSR count). The molecule has 1 N–H and O–H groups in total. The molecule has 2 aromatic carbocycles. The van der Waals surface area contributed by atoms with Gasteiger partial charge in [0.05, 0.1) is 5.92 Å². The third kappa shape index (κ3) is 5.72. The summed E-state index contributed by atoms with van der Waals surface area (Å²) in [6, 6.07) is 13.4. The van der Waals surface area contributed by atoms with Gasteiger partial charge in [-0.2, -0.15) is 4.31 Å². The van der Waals surface area contributed by atoms with Crippen LogP contribution in [0.3, 0.4) is 0 Å². The first-order valence-corrected chi connectivity index (χ1v) is 13.7. The fourth-order valence-electron chi connectivity index (χ4n) is 4.38. The van der Waals surface area contributed by atoms with Gasteiger partial charge >= 0.3 is 0 Å². The maximum atomic E-state index is 13.7. The number of hydrogen-bond donors (Lipinski definition) is 1. The first kappa shape index (κ1) is 26.1. The Morgan fingerprint density at radius 3 is 2.75 bits per heavy atom. The van der Waals surface area contributed by atoms with E-state index in [1.165, 1.54) is 4.31 Å². The molecule has 7 nitrogen and oxygen atoms in total. The Balaban J connectivity index is 1.51. The highest BCUT2D eigenvalue weighted by atomic mass is 35.5. The van der Waals surface area contributed by atoms with E-state index in [9.17, 15) is 13.2 Å². The average molecular weight is 528 g/mol. The topological polar surface area (TPSA) is 92.5 Å².